The molecule has 0 amide bonds. The van der Waals surface area contributed by atoms with E-state index in [1.54, 1.807) is 0 Å². The van der Waals surface area contributed by atoms with Gasteiger partial charge in [-0.25, -0.2) is 0 Å². The Hall–Kier alpha value is -1.73. The zero-order valence-corrected chi connectivity index (χ0v) is 25.8. The van der Waals surface area contributed by atoms with Gasteiger partial charge < -0.3 is 0 Å². The van der Waals surface area contributed by atoms with E-state index >= 15 is 0 Å². The zero-order chi connectivity index (χ0) is 27.9. The summed E-state index contributed by atoms with van der Waals surface area (Å²) >= 11 is 0. The van der Waals surface area contributed by atoms with Crippen molar-refractivity contribution >= 4 is 31.8 Å². The molecule has 0 bridgehead atoms. The summed E-state index contributed by atoms with van der Waals surface area (Å²) in [4.78, 5) is 0. The molecule has 0 N–H and O–H groups in total. The van der Waals surface area contributed by atoms with Gasteiger partial charge in [-0.2, -0.15) is 0 Å². The Morgan fingerprint density at radius 3 is 1.24 bits per heavy atom. The van der Waals surface area contributed by atoms with Gasteiger partial charge in [0.1, 0.15) is 0 Å². The van der Waals surface area contributed by atoms with Gasteiger partial charge >= 0.3 is 33.9 Å². The van der Waals surface area contributed by atoms with Crippen molar-refractivity contribution in [3.63, 3.8) is 0 Å². The molecule has 0 aliphatic rings. The molecular weight excluding hydrogens is 534 g/mol. The summed E-state index contributed by atoms with van der Waals surface area (Å²) < 4.78 is 22.5. The SMILES string of the molecule is C[C@H](c1ccccc1P(c1ccccc1)c1ccccc1)P(C(C)(C)C)C(C)(C)C.[C-]#[O+].[C-]#[O+].[C-]#[O+].[Cr]. The largest absolute Gasteiger partial charge is 0 e. The maximum absolute atomic E-state index is 7.50. The molecule has 0 saturated carbocycles. The smallest absolute Gasteiger partial charge is 0 e. The van der Waals surface area contributed by atoms with E-state index in [1.807, 2.05) is 0 Å². The van der Waals surface area contributed by atoms with Crippen molar-refractivity contribution in [1.82, 2.24) is 0 Å². The van der Waals surface area contributed by atoms with E-state index in [9.17, 15) is 0 Å². The molecule has 0 radical (unpaired) electrons. The van der Waals surface area contributed by atoms with Crippen LogP contribution in [0.15, 0.2) is 84.9 Å². The molecule has 0 unspecified atom stereocenters. The van der Waals surface area contributed by atoms with Crippen LogP contribution >= 0.6 is 15.8 Å². The maximum atomic E-state index is 7.50. The van der Waals surface area contributed by atoms with Gasteiger partial charge in [0.25, 0.3) is 0 Å². The number of rotatable bonds is 5. The molecule has 0 aromatic heterocycles. The van der Waals surface area contributed by atoms with E-state index in [1.165, 1.54) is 21.5 Å². The van der Waals surface area contributed by atoms with Gasteiger partial charge in [-0.1, -0.05) is 141 Å². The molecule has 3 nitrogen and oxygen atoms in total. The van der Waals surface area contributed by atoms with Crippen molar-refractivity contribution < 1.29 is 31.3 Å². The van der Waals surface area contributed by atoms with Crippen molar-refractivity contribution in [2.75, 3.05) is 0 Å². The van der Waals surface area contributed by atoms with Gasteiger partial charge in [0.05, 0.1) is 0 Å². The van der Waals surface area contributed by atoms with Crippen molar-refractivity contribution in [3.8, 4) is 0 Å². The van der Waals surface area contributed by atoms with Crippen LogP contribution < -0.4 is 15.9 Å². The molecule has 0 heterocycles. The van der Waals surface area contributed by atoms with E-state index in [4.69, 9.17) is 14.0 Å². The van der Waals surface area contributed by atoms with Crippen molar-refractivity contribution in [3.05, 3.63) is 110 Å². The molecule has 3 rings (SSSR count). The quantitative estimate of drug-likeness (QED) is 0.174. The van der Waals surface area contributed by atoms with Crippen LogP contribution in [0, 0.1) is 20.0 Å². The van der Waals surface area contributed by atoms with Gasteiger partial charge in [0, 0.05) is 23.0 Å². The molecule has 6 heteroatoms. The number of hydrogen-bond acceptors (Lipinski definition) is 0. The van der Waals surface area contributed by atoms with Gasteiger partial charge in [-0.15, -0.1) is 0 Å². The van der Waals surface area contributed by atoms with E-state index in [-0.39, 0.29) is 25.3 Å². The van der Waals surface area contributed by atoms with Crippen molar-refractivity contribution in [1.29, 1.82) is 0 Å². The second-order valence-electron chi connectivity index (χ2n) is 9.95. The zero-order valence-electron chi connectivity index (χ0n) is 22.7. The van der Waals surface area contributed by atoms with Crippen LogP contribution in [0.1, 0.15) is 59.7 Å². The first kappa shape index (κ1) is 37.4. The summed E-state index contributed by atoms with van der Waals surface area (Å²) in [5.41, 5.74) is 2.07. The second kappa shape index (κ2) is 18.5. The Bertz CT molecular complexity index is 1010. The van der Waals surface area contributed by atoms with Gasteiger partial charge in [0.15, 0.2) is 0 Å². The van der Waals surface area contributed by atoms with Crippen LogP contribution in [-0.2, 0) is 31.3 Å². The Balaban J connectivity index is 0. The summed E-state index contributed by atoms with van der Waals surface area (Å²) in [7, 11) is -0.834. The molecule has 0 aliphatic heterocycles. The first-order valence-corrected chi connectivity index (χ1v) is 14.3. The molecule has 37 heavy (non-hydrogen) atoms. The van der Waals surface area contributed by atoms with Crippen LogP contribution in [0.25, 0.3) is 0 Å². The molecule has 0 fully saturated rings. The van der Waals surface area contributed by atoms with Crippen LogP contribution in [0.5, 0.6) is 0 Å². The Kier molecular flexibility index (Phi) is 18.7. The minimum Gasteiger partial charge on any atom is 0 e. The van der Waals surface area contributed by atoms with Crippen LogP contribution in [0.4, 0.5) is 0 Å². The number of benzene rings is 3. The second-order valence-corrected chi connectivity index (χ2v) is 16.3. The summed E-state index contributed by atoms with van der Waals surface area (Å²) in [6, 6.07) is 31.4. The van der Waals surface area contributed by atoms with Gasteiger partial charge in [-0.3, -0.25) is 0 Å². The molecule has 1 atom stereocenters. The molecule has 194 valence electrons. The third-order valence-corrected chi connectivity index (χ3v) is 12.0. The third kappa shape index (κ3) is 10.9. The fourth-order valence-electron chi connectivity index (χ4n) is 4.93. The minimum atomic E-state index is -0.585. The first-order chi connectivity index (χ1) is 17.1. The Morgan fingerprint density at radius 2 is 0.892 bits per heavy atom. The third-order valence-electron chi connectivity index (χ3n) is 5.49. The predicted octanol–water partition coefficient (Wildman–Crippen LogP) is 7.47. The molecular formula is C31H36CrO3P2. The van der Waals surface area contributed by atoms with Crippen molar-refractivity contribution in [2.45, 2.75) is 64.4 Å². The molecule has 3 aromatic carbocycles. The Morgan fingerprint density at radius 1 is 0.568 bits per heavy atom. The van der Waals surface area contributed by atoms with E-state index in [0.717, 1.165) is 0 Å². The number of hydrogen-bond donors (Lipinski definition) is 0. The molecule has 3 aromatic rings. The van der Waals surface area contributed by atoms with Crippen LogP contribution in [0.3, 0.4) is 0 Å². The Labute approximate surface area is 237 Å². The summed E-state index contributed by atoms with van der Waals surface area (Å²) in [5, 5.41) is 4.95. The van der Waals surface area contributed by atoms with Crippen molar-refractivity contribution in [2.24, 2.45) is 0 Å². The van der Waals surface area contributed by atoms with Crippen LogP contribution in [0.2, 0.25) is 0 Å². The fraction of sp³-hybridized carbons (Fsp3) is 0.323. The standard InChI is InChI=1S/C28H36P2.3CO.Cr/c1-22(30(27(2,3)4)28(5,6)7)25-20-14-15-21-26(25)29(23-16-10-8-11-17-23)24-18-12-9-13-19-24;3*1-2;/h8-22H,1-7H3;;;;/t22-;;;;/m1..../s1. The van der Waals surface area contributed by atoms with E-state index in [0.29, 0.717) is 16.0 Å². The molecule has 0 aliphatic carbocycles. The summed E-state index contributed by atoms with van der Waals surface area (Å²) in [6.07, 6.45) is 0. The summed E-state index contributed by atoms with van der Waals surface area (Å²) in [6.45, 7) is 30.6. The predicted molar refractivity (Wildman–Crippen MR) is 152 cm³/mol. The van der Waals surface area contributed by atoms with Gasteiger partial charge in [-0.05, 0) is 39.7 Å². The maximum Gasteiger partial charge on any atom is 0 e. The average Bonchev–Trinajstić information content (AvgIpc) is 2.88. The molecule has 0 spiro atoms. The average molecular weight is 571 g/mol. The first-order valence-electron chi connectivity index (χ1n) is 11.5. The van der Waals surface area contributed by atoms with E-state index in [2.05, 4.69) is 153 Å². The normalized spacial score (nSPS) is 11.2. The van der Waals surface area contributed by atoms with Crippen LogP contribution in [-0.4, -0.2) is 10.3 Å². The van der Waals surface area contributed by atoms with Gasteiger partial charge in [0.2, 0.25) is 0 Å². The minimum absolute atomic E-state index is 0. The van der Waals surface area contributed by atoms with E-state index < -0.39 is 7.92 Å². The fourth-order valence-corrected chi connectivity index (χ4v) is 12.4. The summed E-state index contributed by atoms with van der Waals surface area (Å²) in [5.74, 6) is 0. The topological polar surface area (TPSA) is 59.7 Å². The monoisotopic (exact) mass is 570 g/mol. The molecule has 0 saturated heterocycles.